The number of aromatic nitrogens is 7. The van der Waals surface area contributed by atoms with E-state index in [2.05, 4.69) is 30.2 Å². The first-order valence-corrected chi connectivity index (χ1v) is 9.55. The van der Waals surface area contributed by atoms with Gasteiger partial charge in [0.25, 0.3) is 5.89 Å². The second-order valence-electron chi connectivity index (χ2n) is 7.13. The largest absolute Gasteiger partial charge is 0.403 e. The highest BCUT2D eigenvalue weighted by molar-refractivity contribution is 5.55. The van der Waals surface area contributed by atoms with Crippen LogP contribution in [0, 0.1) is 11.8 Å². The summed E-state index contributed by atoms with van der Waals surface area (Å²) in [6.45, 7) is 0.555. The maximum absolute atomic E-state index is 14.3. The van der Waals surface area contributed by atoms with E-state index >= 15 is 0 Å². The topological polar surface area (TPSA) is 101 Å². The Balaban J connectivity index is 1.44. The molecule has 9 nitrogen and oxygen atoms in total. The second-order valence-corrected chi connectivity index (χ2v) is 7.13. The van der Waals surface area contributed by atoms with Gasteiger partial charge < -0.3 is 14.3 Å². The van der Waals surface area contributed by atoms with Crippen molar-refractivity contribution < 1.29 is 13.2 Å². The highest BCUT2D eigenvalue weighted by atomic mass is 19.1. The van der Waals surface area contributed by atoms with E-state index in [4.69, 9.17) is 4.42 Å². The van der Waals surface area contributed by atoms with Crippen molar-refractivity contribution >= 4 is 11.5 Å². The van der Waals surface area contributed by atoms with Gasteiger partial charge in [0, 0.05) is 31.1 Å². The van der Waals surface area contributed by atoms with Crippen LogP contribution in [0.25, 0.3) is 17.0 Å². The van der Waals surface area contributed by atoms with Gasteiger partial charge in [-0.05, 0) is 30.3 Å². The number of halogens is 2. The van der Waals surface area contributed by atoms with Crippen LogP contribution in [0.5, 0.6) is 0 Å². The lowest BCUT2D eigenvalue weighted by Crippen LogP contribution is -2.36. The van der Waals surface area contributed by atoms with Crippen molar-refractivity contribution in [1.82, 2.24) is 34.8 Å². The number of rotatable bonds is 3. The van der Waals surface area contributed by atoms with E-state index in [9.17, 15) is 8.78 Å². The smallest absolute Gasteiger partial charge is 0.319 e. The third-order valence-corrected chi connectivity index (χ3v) is 5.31. The van der Waals surface area contributed by atoms with Gasteiger partial charge >= 0.3 is 6.01 Å². The Morgan fingerprint density at radius 2 is 2.06 bits per heavy atom. The average molecular weight is 420 g/mol. The molecule has 0 fully saturated rings. The van der Waals surface area contributed by atoms with Crippen LogP contribution in [0.1, 0.15) is 23.1 Å². The van der Waals surface area contributed by atoms with Crippen molar-refractivity contribution in [3.8, 4) is 11.5 Å². The molecule has 1 atom stereocenters. The van der Waals surface area contributed by atoms with Gasteiger partial charge in [-0.25, -0.2) is 18.9 Å². The van der Waals surface area contributed by atoms with Crippen molar-refractivity contribution in [1.29, 1.82) is 0 Å². The van der Waals surface area contributed by atoms with Crippen LogP contribution in [0.15, 0.2) is 53.5 Å². The zero-order valence-electron chi connectivity index (χ0n) is 15.9. The van der Waals surface area contributed by atoms with Crippen molar-refractivity contribution in [2.75, 3.05) is 11.4 Å². The number of H-pyrrole nitrogens is 1. The van der Waals surface area contributed by atoms with E-state index < -0.39 is 12.0 Å². The molecule has 0 unspecified atom stereocenters. The van der Waals surface area contributed by atoms with Gasteiger partial charge in [0.05, 0.1) is 23.3 Å². The number of anilines is 1. The van der Waals surface area contributed by atoms with Crippen LogP contribution in [0.3, 0.4) is 0 Å². The molecule has 5 aromatic rings. The number of imidazole rings is 1. The minimum atomic E-state index is -0.593. The first kappa shape index (κ1) is 17.7. The van der Waals surface area contributed by atoms with Crippen LogP contribution >= 0.6 is 0 Å². The molecule has 1 aliphatic heterocycles. The zero-order chi connectivity index (χ0) is 20.9. The Labute approximate surface area is 173 Å². The molecule has 6 heterocycles. The van der Waals surface area contributed by atoms with Gasteiger partial charge in [0.2, 0.25) is 5.95 Å². The molecule has 6 rings (SSSR count). The summed E-state index contributed by atoms with van der Waals surface area (Å²) in [6.07, 6.45) is 5.33. The van der Waals surface area contributed by atoms with Crippen molar-refractivity contribution in [2.24, 2.45) is 0 Å². The molecule has 5 aromatic heterocycles. The molecule has 154 valence electrons. The molecule has 0 saturated carbocycles. The quantitative estimate of drug-likeness (QED) is 0.448. The number of fused-ring (bicyclic) bond motifs is 2. The van der Waals surface area contributed by atoms with E-state index in [1.807, 2.05) is 4.90 Å². The normalized spacial score (nSPS) is 16.1. The lowest BCUT2D eigenvalue weighted by atomic mass is 10.0. The predicted molar refractivity (Wildman–Crippen MR) is 104 cm³/mol. The van der Waals surface area contributed by atoms with Gasteiger partial charge in [0.1, 0.15) is 17.4 Å². The number of hydrogen-bond donors (Lipinski definition) is 1. The minimum Gasteiger partial charge on any atom is -0.403 e. The molecule has 0 aliphatic carbocycles. The fourth-order valence-corrected chi connectivity index (χ4v) is 3.87. The summed E-state index contributed by atoms with van der Waals surface area (Å²) in [5.41, 5.74) is 3.20. The SMILES string of the molecule is Fc1ccc(-c2nnc(N3CCc4[nH]cnc4[C@H]3c3cc4c(F)cccn4n3)o2)cn1. The lowest BCUT2D eigenvalue weighted by molar-refractivity contribution is 0.503. The van der Waals surface area contributed by atoms with Crippen LogP contribution < -0.4 is 4.90 Å². The average Bonchev–Trinajstić information content (AvgIpc) is 3.52. The van der Waals surface area contributed by atoms with E-state index in [1.54, 1.807) is 24.7 Å². The summed E-state index contributed by atoms with van der Waals surface area (Å²) in [5.74, 6) is -0.741. The molecule has 0 bridgehead atoms. The highest BCUT2D eigenvalue weighted by Crippen LogP contribution is 2.37. The van der Waals surface area contributed by atoms with E-state index in [0.29, 0.717) is 29.7 Å². The van der Waals surface area contributed by atoms with Gasteiger partial charge in [0.15, 0.2) is 0 Å². The van der Waals surface area contributed by atoms with E-state index in [-0.39, 0.29) is 17.7 Å². The standard InChI is InChI=1S/C20H14F2N8O/c21-12-2-1-6-30-15(12)8-14(28-30)18-17-13(24-10-25-17)5-7-29(18)20-27-26-19(31-20)11-3-4-16(22)23-9-11/h1-4,6,8-10,18H,5,7H2,(H,24,25)/t18-/m1/s1. The van der Waals surface area contributed by atoms with Gasteiger partial charge in [-0.3, -0.25) is 0 Å². The number of nitrogens with zero attached hydrogens (tertiary/aromatic N) is 7. The van der Waals surface area contributed by atoms with Crippen LogP contribution in [-0.4, -0.2) is 41.3 Å². The Bertz CT molecular complexity index is 1390. The summed E-state index contributed by atoms with van der Waals surface area (Å²) >= 11 is 0. The fourth-order valence-electron chi connectivity index (χ4n) is 3.87. The van der Waals surface area contributed by atoms with Crippen LogP contribution in [0.2, 0.25) is 0 Å². The first-order valence-electron chi connectivity index (χ1n) is 9.55. The maximum atomic E-state index is 14.3. The molecule has 0 aromatic carbocycles. The molecule has 1 aliphatic rings. The van der Waals surface area contributed by atoms with Crippen molar-refractivity contribution in [3.05, 3.63) is 77.9 Å². The highest BCUT2D eigenvalue weighted by Gasteiger charge is 2.36. The van der Waals surface area contributed by atoms with E-state index in [0.717, 1.165) is 11.4 Å². The molecule has 0 spiro atoms. The molecule has 11 heteroatoms. The molecule has 0 saturated heterocycles. The van der Waals surface area contributed by atoms with Crippen molar-refractivity contribution in [2.45, 2.75) is 12.5 Å². The third-order valence-electron chi connectivity index (χ3n) is 5.31. The second kappa shape index (κ2) is 6.69. The predicted octanol–water partition coefficient (Wildman–Crippen LogP) is 2.93. The summed E-state index contributed by atoms with van der Waals surface area (Å²) in [5, 5.41) is 12.8. The van der Waals surface area contributed by atoms with Gasteiger partial charge in [-0.1, -0.05) is 5.10 Å². The Morgan fingerprint density at radius 1 is 1.13 bits per heavy atom. The number of pyridine rings is 2. The van der Waals surface area contributed by atoms with Crippen LogP contribution in [0.4, 0.5) is 14.8 Å². The minimum absolute atomic E-state index is 0.218. The Kier molecular flexibility index (Phi) is 3.82. The van der Waals surface area contributed by atoms with Gasteiger partial charge in [-0.2, -0.15) is 9.49 Å². The van der Waals surface area contributed by atoms with E-state index in [1.165, 1.54) is 28.9 Å². The summed E-state index contributed by atoms with van der Waals surface area (Å²) < 4.78 is 34.8. The summed E-state index contributed by atoms with van der Waals surface area (Å²) in [7, 11) is 0. The number of aromatic amines is 1. The Morgan fingerprint density at radius 3 is 2.90 bits per heavy atom. The molecular weight excluding hydrogens is 406 g/mol. The fraction of sp³-hybridized carbons (Fsp3) is 0.150. The Hall–Kier alpha value is -4.15. The van der Waals surface area contributed by atoms with Gasteiger partial charge in [-0.15, -0.1) is 5.10 Å². The number of nitrogens with one attached hydrogen (secondary N) is 1. The number of hydrogen-bond acceptors (Lipinski definition) is 7. The lowest BCUT2D eigenvalue weighted by Gasteiger charge is -2.32. The molecule has 1 N–H and O–H groups in total. The van der Waals surface area contributed by atoms with Crippen LogP contribution in [-0.2, 0) is 6.42 Å². The molecule has 31 heavy (non-hydrogen) atoms. The maximum Gasteiger partial charge on any atom is 0.319 e. The first-order chi connectivity index (χ1) is 15.2. The summed E-state index contributed by atoms with van der Waals surface area (Å²) in [4.78, 5) is 13.1. The molecular formula is C20H14F2N8O. The molecule has 0 radical (unpaired) electrons. The van der Waals surface area contributed by atoms with Crippen molar-refractivity contribution in [3.63, 3.8) is 0 Å². The molecule has 0 amide bonds. The summed E-state index contributed by atoms with van der Waals surface area (Å²) in [6, 6.07) is 7.23. The zero-order valence-corrected chi connectivity index (χ0v) is 15.9. The monoisotopic (exact) mass is 420 g/mol. The third kappa shape index (κ3) is 2.85.